The standard InChI is InChI=1S/C25H28ClNO4/c1-7-30-24(28)23(31-25(4,5)6)21-15(2)14-20-19(13-8-16(3)27(20)29)22(21)17-9-11-18(26)12-10-17/h8-14,23H,7H2,1-6H3. The predicted molar refractivity (Wildman–Crippen MR) is 123 cm³/mol. The molecule has 3 aromatic rings. The van der Waals surface area contributed by atoms with Crippen LogP contribution in [0.5, 0.6) is 0 Å². The number of benzene rings is 2. The van der Waals surface area contributed by atoms with Gasteiger partial charge in [0, 0.05) is 35.2 Å². The molecule has 2 aromatic carbocycles. The summed E-state index contributed by atoms with van der Waals surface area (Å²) < 4.78 is 12.5. The normalized spacial score (nSPS) is 12.7. The molecule has 0 radical (unpaired) electrons. The molecule has 0 saturated carbocycles. The van der Waals surface area contributed by atoms with E-state index in [9.17, 15) is 10.0 Å². The van der Waals surface area contributed by atoms with Gasteiger partial charge >= 0.3 is 5.97 Å². The number of hydrogen-bond donors (Lipinski definition) is 0. The van der Waals surface area contributed by atoms with Gasteiger partial charge in [-0.3, -0.25) is 0 Å². The summed E-state index contributed by atoms with van der Waals surface area (Å²) in [7, 11) is 0. The highest BCUT2D eigenvalue weighted by atomic mass is 35.5. The molecule has 0 aliphatic rings. The maximum atomic E-state index is 13.0. The first-order valence-electron chi connectivity index (χ1n) is 10.3. The van der Waals surface area contributed by atoms with Crippen molar-refractivity contribution in [3.8, 4) is 11.1 Å². The number of nitrogens with zero attached hydrogens (tertiary/aromatic N) is 1. The molecule has 6 heteroatoms. The number of carbonyl (C=O) groups excluding carboxylic acids is 1. The number of esters is 1. The minimum atomic E-state index is -0.948. The molecule has 0 aliphatic heterocycles. The molecule has 31 heavy (non-hydrogen) atoms. The minimum Gasteiger partial charge on any atom is -0.618 e. The highest BCUT2D eigenvalue weighted by molar-refractivity contribution is 6.30. The largest absolute Gasteiger partial charge is 0.618 e. The first-order chi connectivity index (χ1) is 14.5. The second-order valence-corrected chi connectivity index (χ2v) is 8.99. The number of rotatable bonds is 5. The lowest BCUT2D eigenvalue weighted by Crippen LogP contribution is -2.32. The Labute approximate surface area is 188 Å². The van der Waals surface area contributed by atoms with Gasteiger partial charge in [0.1, 0.15) is 0 Å². The fraction of sp³-hybridized carbons (Fsp3) is 0.360. The summed E-state index contributed by atoms with van der Waals surface area (Å²) >= 11 is 6.12. The highest BCUT2D eigenvalue weighted by Crippen LogP contribution is 2.40. The van der Waals surface area contributed by atoms with E-state index in [1.807, 2.05) is 52.0 Å². The van der Waals surface area contributed by atoms with Crippen LogP contribution in [0.1, 0.15) is 50.6 Å². The van der Waals surface area contributed by atoms with Crippen LogP contribution in [0.2, 0.25) is 5.02 Å². The summed E-state index contributed by atoms with van der Waals surface area (Å²) in [5.41, 5.74) is 3.59. The van der Waals surface area contributed by atoms with Gasteiger partial charge in [0.2, 0.25) is 5.52 Å². The van der Waals surface area contributed by atoms with Crippen LogP contribution in [0, 0.1) is 19.1 Å². The quantitative estimate of drug-likeness (QED) is 0.284. The van der Waals surface area contributed by atoms with Crippen molar-refractivity contribution in [3.63, 3.8) is 0 Å². The third-order valence-corrected chi connectivity index (χ3v) is 5.24. The lowest BCUT2D eigenvalue weighted by molar-refractivity contribution is -0.584. The van der Waals surface area contributed by atoms with E-state index in [1.165, 1.54) is 0 Å². The highest BCUT2D eigenvalue weighted by Gasteiger charge is 2.33. The van der Waals surface area contributed by atoms with Crippen molar-refractivity contribution >= 4 is 28.5 Å². The summed E-state index contributed by atoms with van der Waals surface area (Å²) in [5, 5.41) is 14.2. The molecule has 1 atom stereocenters. The lowest BCUT2D eigenvalue weighted by Gasteiger charge is -2.29. The number of aryl methyl sites for hydroxylation is 2. The van der Waals surface area contributed by atoms with Crippen LogP contribution in [0.4, 0.5) is 0 Å². The summed E-state index contributed by atoms with van der Waals surface area (Å²) in [6.45, 7) is 11.3. The zero-order valence-corrected chi connectivity index (χ0v) is 19.5. The molecule has 0 aliphatic carbocycles. The Morgan fingerprint density at radius 2 is 1.77 bits per heavy atom. The Kier molecular flexibility index (Phi) is 6.58. The van der Waals surface area contributed by atoms with Crippen LogP contribution in [0.3, 0.4) is 0 Å². The third kappa shape index (κ3) is 4.83. The van der Waals surface area contributed by atoms with Gasteiger partial charge < -0.3 is 14.7 Å². The van der Waals surface area contributed by atoms with Crippen molar-refractivity contribution in [2.24, 2.45) is 0 Å². The molecule has 0 saturated heterocycles. The topological polar surface area (TPSA) is 62.5 Å². The number of pyridine rings is 1. The second-order valence-electron chi connectivity index (χ2n) is 8.55. The summed E-state index contributed by atoms with van der Waals surface area (Å²) in [6.07, 6.45) is -0.948. The van der Waals surface area contributed by atoms with Gasteiger partial charge in [-0.25, -0.2) is 4.79 Å². The molecule has 3 rings (SSSR count). The van der Waals surface area contributed by atoms with Gasteiger partial charge in [0.25, 0.3) is 0 Å². The Hall–Kier alpha value is -2.63. The molecule has 1 aromatic heterocycles. The summed E-state index contributed by atoms with van der Waals surface area (Å²) in [5.74, 6) is -0.461. The van der Waals surface area contributed by atoms with Gasteiger partial charge in [-0.05, 0) is 63.9 Å². The molecular formula is C25H28ClNO4. The first kappa shape index (κ1) is 23.0. The Morgan fingerprint density at radius 1 is 1.13 bits per heavy atom. The molecule has 5 nitrogen and oxygen atoms in total. The van der Waals surface area contributed by atoms with Crippen LogP contribution in [-0.2, 0) is 14.3 Å². The van der Waals surface area contributed by atoms with Gasteiger partial charge in [-0.15, -0.1) is 0 Å². The SMILES string of the molecule is CCOC(=O)C(OC(C)(C)C)c1c(C)cc2c(ccc(C)[n+]2[O-])c1-c1ccc(Cl)cc1. The summed E-state index contributed by atoms with van der Waals surface area (Å²) in [4.78, 5) is 13.0. The Bertz CT molecular complexity index is 1120. The van der Waals surface area contributed by atoms with E-state index in [4.69, 9.17) is 21.1 Å². The van der Waals surface area contributed by atoms with Crippen molar-refractivity contribution < 1.29 is 19.0 Å². The lowest BCUT2D eigenvalue weighted by atomic mass is 9.88. The van der Waals surface area contributed by atoms with Crippen LogP contribution in [-0.4, -0.2) is 18.2 Å². The van der Waals surface area contributed by atoms with Gasteiger partial charge in [0.05, 0.1) is 17.6 Å². The van der Waals surface area contributed by atoms with Gasteiger partial charge in [-0.2, -0.15) is 4.73 Å². The third-order valence-electron chi connectivity index (χ3n) is 4.99. The van der Waals surface area contributed by atoms with E-state index < -0.39 is 17.7 Å². The van der Waals surface area contributed by atoms with Crippen molar-refractivity contribution in [1.29, 1.82) is 0 Å². The fourth-order valence-electron chi connectivity index (χ4n) is 3.69. The van der Waals surface area contributed by atoms with E-state index in [1.54, 1.807) is 32.0 Å². The molecule has 1 heterocycles. The Morgan fingerprint density at radius 3 is 2.35 bits per heavy atom. The Balaban J connectivity index is 2.42. The van der Waals surface area contributed by atoms with Crippen molar-refractivity contribution in [3.05, 3.63) is 69.5 Å². The number of ether oxygens (including phenoxy) is 2. The number of hydrogen-bond acceptors (Lipinski definition) is 4. The minimum absolute atomic E-state index is 0.242. The van der Waals surface area contributed by atoms with Gasteiger partial charge in [0.15, 0.2) is 11.8 Å². The average Bonchev–Trinajstić information content (AvgIpc) is 2.69. The number of aromatic nitrogens is 1. The fourth-order valence-corrected chi connectivity index (χ4v) is 3.82. The molecule has 0 amide bonds. The first-order valence-corrected chi connectivity index (χ1v) is 10.7. The van der Waals surface area contributed by atoms with Crippen molar-refractivity contribution in [2.75, 3.05) is 6.61 Å². The van der Waals surface area contributed by atoms with E-state index in [2.05, 4.69) is 0 Å². The average molecular weight is 442 g/mol. The number of fused-ring (bicyclic) bond motifs is 1. The maximum absolute atomic E-state index is 13.0. The maximum Gasteiger partial charge on any atom is 0.339 e. The van der Waals surface area contributed by atoms with E-state index in [0.29, 0.717) is 21.8 Å². The van der Waals surface area contributed by atoms with E-state index >= 15 is 0 Å². The van der Waals surface area contributed by atoms with Crippen LogP contribution in [0.25, 0.3) is 22.0 Å². The second kappa shape index (κ2) is 8.85. The molecule has 0 fully saturated rings. The molecular weight excluding hydrogens is 414 g/mol. The number of carbonyl (C=O) groups is 1. The van der Waals surface area contributed by atoms with E-state index in [-0.39, 0.29) is 6.61 Å². The van der Waals surface area contributed by atoms with Gasteiger partial charge in [-0.1, -0.05) is 23.7 Å². The molecule has 0 spiro atoms. The molecule has 1 unspecified atom stereocenters. The molecule has 164 valence electrons. The molecule has 0 N–H and O–H groups in total. The summed E-state index contributed by atoms with van der Waals surface area (Å²) in [6, 6.07) is 12.8. The van der Waals surface area contributed by atoms with Crippen molar-refractivity contribution in [2.45, 2.75) is 53.2 Å². The number of halogens is 1. The zero-order chi connectivity index (χ0) is 22.9. The monoisotopic (exact) mass is 441 g/mol. The van der Waals surface area contributed by atoms with Crippen LogP contribution in [0.15, 0.2) is 42.5 Å². The predicted octanol–water partition coefficient (Wildman–Crippen LogP) is 5.83. The van der Waals surface area contributed by atoms with Crippen LogP contribution >= 0.6 is 11.6 Å². The van der Waals surface area contributed by atoms with E-state index in [0.717, 1.165) is 26.8 Å². The smallest absolute Gasteiger partial charge is 0.339 e. The van der Waals surface area contributed by atoms with Crippen molar-refractivity contribution in [1.82, 2.24) is 0 Å². The molecule has 0 bridgehead atoms. The van der Waals surface area contributed by atoms with Crippen LogP contribution < -0.4 is 4.73 Å². The zero-order valence-electron chi connectivity index (χ0n) is 18.8.